The van der Waals surface area contributed by atoms with Crippen LogP contribution in [0.4, 0.5) is 0 Å². The van der Waals surface area contributed by atoms with Crippen molar-refractivity contribution < 1.29 is 4.74 Å². The molecule has 2 rings (SSSR count). The molecule has 0 fully saturated rings. The van der Waals surface area contributed by atoms with Crippen molar-refractivity contribution in [3.63, 3.8) is 0 Å². The van der Waals surface area contributed by atoms with Gasteiger partial charge in [0.15, 0.2) is 5.11 Å². The molecule has 4 nitrogen and oxygen atoms in total. The van der Waals surface area contributed by atoms with Crippen LogP contribution in [0.5, 0.6) is 5.75 Å². The molecule has 2 aromatic rings. The summed E-state index contributed by atoms with van der Waals surface area (Å²) in [7, 11) is 1.75. The quantitative estimate of drug-likeness (QED) is 0.506. The molecule has 0 saturated carbocycles. The molecule has 0 atom stereocenters. The van der Waals surface area contributed by atoms with Gasteiger partial charge in [0.2, 0.25) is 0 Å². The lowest BCUT2D eigenvalue weighted by atomic mass is 10.0. The van der Waals surface area contributed by atoms with Crippen molar-refractivity contribution in [1.29, 1.82) is 0 Å². The first-order valence-corrected chi connectivity index (χ1v) is 7.32. The second-order valence-electron chi connectivity index (χ2n) is 4.50. The summed E-state index contributed by atoms with van der Waals surface area (Å²) in [6.45, 7) is 2.77. The van der Waals surface area contributed by atoms with Crippen LogP contribution in [0.1, 0.15) is 18.9 Å². The van der Waals surface area contributed by atoms with E-state index in [0.717, 1.165) is 28.5 Å². The Morgan fingerprint density at radius 2 is 2.10 bits per heavy atom. The van der Waals surface area contributed by atoms with Crippen LogP contribution in [-0.4, -0.2) is 25.0 Å². The molecule has 0 radical (unpaired) electrons. The molecule has 0 heterocycles. The van der Waals surface area contributed by atoms with Crippen molar-refractivity contribution in [3.8, 4) is 5.75 Å². The van der Waals surface area contributed by atoms with E-state index in [1.54, 1.807) is 13.3 Å². The number of hydrogen-bond acceptors (Lipinski definition) is 3. The Hall–Kier alpha value is -2.14. The summed E-state index contributed by atoms with van der Waals surface area (Å²) in [6, 6.07) is 12.2. The predicted octanol–water partition coefficient (Wildman–Crippen LogP) is 3.06. The van der Waals surface area contributed by atoms with E-state index in [0.29, 0.717) is 11.7 Å². The van der Waals surface area contributed by atoms with Gasteiger partial charge in [0.25, 0.3) is 0 Å². The molecule has 21 heavy (non-hydrogen) atoms. The molecule has 0 unspecified atom stereocenters. The third-order valence-electron chi connectivity index (χ3n) is 2.98. The van der Waals surface area contributed by atoms with E-state index in [1.165, 1.54) is 0 Å². The molecule has 0 aromatic heterocycles. The van der Waals surface area contributed by atoms with Crippen LogP contribution in [0.15, 0.2) is 41.5 Å². The number of ether oxygens (including phenoxy) is 1. The number of benzene rings is 2. The SMILES string of the molecule is CCCOc1ccc2ccccc2c1/C=N\NC(=S)NC. The first kappa shape index (κ1) is 15.3. The van der Waals surface area contributed by atoms with Gasteiger partial charge in [-0.3, -0.25) is 5.43 Å². The van der Waals surface area contributed by atoms with E-state index in [2.05, 4.69) is 41.0 Å². The van der Waals surface area contributed by atoms with E-state index in [-0.39, 0.29) is 0 Å². The lowest BCUT2D eigenvalue weighted by Gasteiger charge is -2.11. The van der Waals surface area contributed by atoms with Crippen molar-refractivity contribution in [2.75, 3.05) is 13.7 Å². The van der Waals surface area contributed by atoms with E-state index in [1.807, 2.05) is 18.2 Å². The summed E-state index contributed by atoms with van der Waals surface area (Å²) in [5.74, 6) is 0.830. The van der Waals surface area contributed by atoms with E-state index < -0.39 is 0 Å². The summed E-state index contributed by atoms with van der Waals surface area (Å²) in [6.07, 6.45) is 2.71. The van der Waals surface area contributed by atoms with Crippen LogP contribution < -0.4 is 15.5 Å². The molecule has 0 bridgehead atoms. The van der Waals surface area contributed by atoms with E-state index in [9.17, 15) is 0 Å². The summed E-state index contributed by atoms with van der Waals surface area (Å²) in [5, 5.41) is 9.72. The highest BCUT2D eigenvalue weighted by molar-refractivity contribution is 7.80. The van der Waals surface area contributed by atoms with Crippen molar-refractivity contribution in [3.05, 3.63) is 42.0 Å². The van der Waals surface area contributed by atoms with E-state index in [4.69, 9.17) is 17.0 Å². The molecule has 0 aliphatic carbocycles. The van der Waals surface area contributed by atoms with Gasteiger partial charge in [-0.05, 0) is 35.5 Å². The fourth-order valence-electron chi connectivity index (χ4n) is 1.96. The Bertz CT molecular complexity index is 655. The highest BCUT2D eigenvalue weighted by Crippen LogP contribution is 2.26. The molecule has 2 N–H and O–H groups in total. The second kappa shape index (κ2) is 7.59. The van der Waals surface area contributed by atoms with Gasteiger partial charge in [-0.1, -0.05) is 37.3 Å². The van der Waals surface area contributed by atoms with Crippen molar-refractivity contribution in [2.24, 2.45) is 5.10 Å². The number of hydrazone groups is 1. The molecular weight excluding hydrogens is 282 g/mol. The maximum absolute atomic E-state index is 5.81. The van der Waals surface area contributed by atoms with Crippen LogP contribution in [-0.2, 0) is 0 Å². The van der Waals surface area contributed by atoms with Crippen molar-refractivity contribution in [1.82, 2.24) is 10.7 Å². The number of fused-ring (bicyclic) bond motifs is 1. The minimum absolute atomic E-state index is 0.475. The molecule has 5 heteroatoms. The van der Waals surface area contributed by atoms with Gasteiger partial charge >= 0.3 is 0 Å². The monoisotopic (exact) mass is 301 g/mol. The van der Waals surface area contributed by atoms with Crippen LogP contribution in [0.3, 0.4) is 0 Å². The van der Waals surface area contributed by atoms with Gasteiger partial charge in [0, 0.05) is 12.6 Å². The predicted molar refractivity (Wildman–Crippen MR) is 92.1 cm³/mol. The Morgan fingerprint density at radius 1 is 1.29 bits per heavy atom. The molecule has 0 spiro atoms. The number of nitrogens with one attached hydrogen (secondary N) is 2. The van der Waals surface area contributed by atoms with Gasteiger partial charge in [0.1, 0.15) is 5.75 Å². The highest BCUT2D eigenvalue weighted by Gasteiger charge is 2.06. The lowest BCUT2D eigenvalue weighted by Crippen LogP contribution is -2.28. The Morgan fingerprint density at radius 3 is 2.86 bits per heavy atom. The summed E-state index contributed by atoms with van der Waals surface area (Å²) in [4.78, 5) is 0. The average molecular weight is 301 g/mol. The summed E-state index contributed by atoms with van der Waals surface area (Å²) < 4.78 is 5.81. The molecular formula is C16H19N3OS. The number of hydrogen-bond donors (Lipinski definition) is 2. The summed E-state index contributed by atoms with van der Waals surface area (Å²) >= 11 is 5.00. The lowest BCUT2D eigenvalue weighted by molar-refractivity contribution is 0.317. The molecule has 0 saturated heterocycles. The largest absolute Gasteiger partial charge is 0.493 e. The van der Waals surface area contributed by atoms with Crippen LogP contribution in [0.25, 0.3) is 10.8 Å². The van der Waals surface area contributed by atoms with Gasteiger partial charge in [-0.25, -0.2) is 0 Å². The third-order valence-corrected chi connectivity index (χ3v) is 3.27. The molecule has 2 aromatic carbocycles. The standard InChI is InChI=1S/C16H19N3OS/c1-3-10-20-15-9-8-12-6-4-5-7-13(12)14(15)11-18-19-16(21)17-2/h4-9,11H,3,10H2,1-2H3,(H2,17,19,21)/b18-11-. The topological polar surface area (TPSA) is 45.6 Å². The minimum Gasteiger partial charge on any atom is -0.493 e. The number of nitrogens with zero attached hydrogens (tertiary/aromatic N) is 1. The zero-order valence-corrected chi connectivity index (χ0v) is 13.0. The third kappa shape index (κ3) is 3.92. The fourth-order valence-corrected chi connectivity index (χ4v) is 2.01. The van der Waals surface area contributed by atoms with Crippen molar-refractivity contribution >= 4 is 34.3 Å². The van der Waals surface area contributed by atoms with Crippen LogP contribution in [0.2, 0.25) is 0 Å². The van der Waals surface area contributed by atoms with Crippen molar-refractivity contribution in [2.45, 2.75) is 13.3 Å². The Kier molecular flexibility index (Phi) is 5.51. The van der Waals surface area contributed by atoms with Gasteiger partial charge < -0.3 is 10.1 Å². The first-order chi connectivity index (χ1) is 10.3. The molecule has 0 amide bonds. The van der Waals surface area contributed by atoms with Crippen LogP contribution in [0, 0.1) is 0 Å². The smallest absolute Gasteiger partial charge is 0.186 e. The zero-order valence-electron chi connectivity index (χ0n) is 12.2. The normalized spacial score (nSPS) is 10.8. The van der Waals surface area contributed by atoms with E-state index >= 15 is 0 Å². The average Bonchev–Trinajstić information content (AvgIpc) is 2.53. The molecule has 0 aliphatic heterocycles. The van der Waals surface area contributed by atoms with Gasteiger partial charge in [-0.2, -0.15) is 5.10 Å². The zero-order chi connectivity index (χ0) is 15.1. The van der Waals surface area contributed by atoms with Crippen LogP contribution >= 0.6 is 12.2 Å². The van der Waals surface area contributed by atoms with Gasteiger partial charge in [0.05, 0.1) is 12.8 Å². The fraction of sp³-hybridized carbons (Fsp3) is 0.250. The Balaban J connectivity index is 2.37. The highest BCUT2D eigenvalue weighted by atomic mass is 32.1. The maximum atomic E-state index is 5.81. The summed E-state index contributed by atoms with van der Waals surface area (Å²) in [5.41, 5.74) is 3.71. The minimum atomic E-state index is 0.475. The number of thiocarbonyl (C=S) groups is 1. The molecule has 0 aliphatic rings. The molecule has 110 valence electrons. The maximum Gasteiger partial charge on any atom is 0.186 e. The first-order valence-electron chi connectivity index (χ1n) is 6.91. The van der Waals surface area contributed by atoms with Gasteiger partial charge in [-0.15, -0.1) is 0 Å². The second-order valence-corrected chi connectivity index (χ2v) is 4.90. The number of rotatable bonds is 5. The Labute approximate surface area is 130 Å².